The molecule has 9 heteroatoms. The summed E-state index contributed by atoms with van der Waals surface area (Å²) in [5.41, 5.74) is 0.808. The molecule has 1 N–H and O–H groups in total. The molecule has 2 rings (SSSR count). The first-order valence-electron chi connectivity index (χ1n) is 8.27. The normalized spacial score (nSPS) is 15.9. The summed E-state index contributed by atoms with van der Waals surface area (Å²) in [7, 11) is 0. The number of benzene rings is 1. The first-order chi connectivity index (χ1) is 12.9. The average Bonchev–Trinajstić information content (AvgIpc) is 2.89. The van der Waals surface area contributed by atoms with Gasteiger partial charge in [0.15, 0.2) is 0 Å². The Morgan fingerprint density at radius 2 is 1.96 bits per heavy atom. The second-order valence-electron chi connectivity index (χ2n) is 5.77. The van der Waals surface area contributed by atoms with E-state index in [9.17, 15) is 19.7 Å². The van der Waals surface area contributed by atoms with Gasteiger partial charge >= 0.3 is 5.97 Å². The fourth-order valence-electron chi connectivity index (χ4n) is 2.38. The van der Waals surface area contributed by atoms with Gasteiger partial charge in [0.2, 0.25) is 0 Å². The molecule has 0 spiro atoms. The zero-order valence-electron chi connectivity index (χ0n) is 14.4. The molecule has 0 radical (unpaired) electrons. The van der Waals surface area contributed by atoms with Crippen molar-refractivity contribution in [2.45, 2.75) is 25.7 Å². The molecule has 0 bridgehead atoms. The van der Waals surface area contributed by atoms with Crippen LogP contribution >= 0.6 is 24.0 Å². The summed E-state index contributed by atoms with van der Waals surface area (Å²) in [6.45, 7) is 0.480. The van der Waals surface area contributed by atoms with Crippen LogP contribution in [0.2, 0.25) is 0 Å². The van der Waals surface area contributed by atoms with Crippen LogP contribution in [-0.2, 0) is 9.59 Å². The van der Waals surface area contributed by atoms with Crippen molar-refractivity contribution in [3.8, 4) is 0 Å². The number of hydrogen-bond donors (Lipinski definition) is 1. The summed E-state index contributed by atoms with van der Waals surface area (Å²) >= 11 is 6.47. The number of rotatable bonds is 9. The van der Waals surface area contributed by atoms with Crippen molar-refractivity contribution in [2.75, 3.05) is 6.54 Å². The average molecular weight is 406 g/mol. The number of aliphatic carboxylic acids is 1. The molecular weight excluding hydrogens is 388 g/mol. The molecule has 27 heavy (non-hydrogen) atoms. The molecule has 1 aliphatic rings. The van der Waals surface area contributed by atoms with Crippen molar-refractivity contribution in [1.82, 2.24) is 4.90 Å². The van der Waals surface area contributed by atoms with Gasteiger partial charge in [-0.05, 0) is 36.6 Å². The standard InChI is InChI=1S/C18H18N2O5S2/c21-16(22)7-2-1-3-12-19-17(23)15(27-18(19)26)6-4-5-13-8-10-14(11-9-13)20(24)25/h4-6,8-11H,1-3,7,12H2,(H,21,22)/b5-4+,15-6-. The highest BCUT2D eigenvalue weighted by atomic mass is 32.2. The van der Waals surface area contributed by atoms with Gasteiger partial charge in [-0.15, -0.1) is 0 Å². The molecule has 1 fully saturated rings. The van der Waals surface area contributed by atoms with E-state index in [1.807, 2.05) is 0 Å². The van der Waals surface area contributed by atoms with E-state index in [4.69, 9.17) is 17.3 Å². The Balaban J connectivity index is 1.89. The first kappa shape index (κ1) is 20.8. The Hall–Kier alpha value is -2.52. The van der Waals surface area contributed by atoms with Gasteiger partial charge in [0.1, 0.15) is 4.32 Å². The zero-order chi connectivity index (χ0) is 19.8. The molecule has 0 saturated carbocycles. The molecular formula is C18H18N2O5S2. The molecule has 0 atom stereocenters. The van der Waals surface area contributed by atoms with Crippen LogP contribution in [-0.4, -0.2) is 37.7 Å². The van der Waals surface area contributed by atoms with Crippen LogP contribution in [0.1, 0.15) is 31.2 Å². The third-order valence-corrected chi connectivity index (χ3v) is 5.18. The molecule has 1 aromatic rings. The number of amides is 1. The SMILES string of the molecule is O=C(O)CCCCCN1C(=O)/C(=C/C=C/c2ccc([N+](=O)[O-])cc2)SC1=S. The lowest BCUT2D eigenvalue weighted by Gasteiger charge is -2.13. The highest BCUT2D eigenvalue weighted by Crippen LogP contribution is 2.31. The maximum atomic E-state index is 12.4. The van der Waals surface area contributed by atoms with Crippen molar-refractivity contribution in [2.24, 2.45) is 0 Å². The lowest BCUT2D eigenvalue weighted by atomic mass is 10.2. The van der Waals surface area contributed by atoms with Crippen LogP contribution in [0.4, 0.5) is 5.69 Å². The Kier molecular flexibility index (Phi) is 7.68. The molecule has 0 aliphatic carbocycles. The number of nitro benzene ring substituents is 1. The number of unbranched alkanes of at least 4 members (excludes halogenated alkanes) is 2. The van der Waals surface area contributed by atoms with Crippen LogP contribution in [0.25, 0.3) is 6.08 Å². The minimum atomic E-state index is -0.816. The molecule has 1 amide bonds. The van der Waals surface area contributed by atoms with E-state index in [2.05, 4.69) is 0 Å². The van der Waals surface area contributed by atoms with Crippen molar-refractivity contribution < 1.29 is 19.6 Å². The molecule has 7 nitrogen and oxygen atoms in total. The summed E-state index contributed by atoms with van der Waals surface area (Å²) < 4.78 is 0.494. The maximum absolute atomic E-state index is 12.4. The summed E-state index contributed by atoms with van der Waals surface area (Å²) in [6.07, 6.45) is 7.27. The maximum Gasteiger partial charge on any atom is 0.303 e. The van der Waals surface area contributed by atoms with Gasteiger partial charge in [0, 0.05) is 25.1 Å². The smallest absolute Gasteiger partial charge is 0.303 e. The van der Waals surface area contributed by atoms with Crippen LogP contribution in [0.15, 0.2) is 41.3 Å². The summed E-state index contributed by atoms with van der Waals surface area (Å²) in [5.74, 6) is -0.972. The van der Waals surface area contributed by atoms with E-state index in [1.54, 1.807) is 30.4 Å². The molecule has 142 valence electrons. The number of nitro groups is 1. The summed E-state index contributed by atoms with van der Waals surface area (Å²) in [5, 5.41) is 19.2. The minimum Gasteiger partial charge on any atom is -0.481 e. The second kappa shape index (κ2) is 9.98. The quantitative estimate of drug-likeness (QED) is 0.217. The Morgan fingerprint density at radius 3 is 2.59 bits per heavy atom. The number of carboxylic acids is 1. The minimum absolute atomic E-state index is 0.0244. The van der Waals surface area contributed by atoms with E-state index in [0.717, 1.165) is 12.0 Å². The van der Waals surface area contributed by atoms with E-state index < -0.39 is 10.9 Å². The van der Waals surface area contributed by atoms with E-state index in [1.165, 1.54) is 28.8 Å². The van der Waals surface area contributed by atoms with E-state index >= 15 is 0 Å². The number of carbonyl (C=O) groups excluding carboxylic acids is 1. The van der Waals surface area contributed by atoms with Crippen molar-refractivity contribution >= 4 is 51.9 Å². The number of thioether (sulfide) groups is 1. The molecule has 1 saturated heterocycles. The highest BCUT2D eigenvalue weighted by Gasteiger charge is 2.30. The molecule has 0 unspecified atom stereocenters. The highest BCUT2D eigenvalue weighted by molar-refractivity contribution is 8.26. The molecule has 1 aliphatic heterocycles. The van der Waals surface area contributed by atoms with Crippen LogP contribution < -0.4 is 0 Å². The largest absolute Gasteiger partial charge is 0.481 e. The van der Waals surface area contributed by atoms with Crippen LogP contribution in [0.5, 0.6) is 0 Å². The predicted molar refractivity (Wildman–Crippen MR) is 108 cm³/mol. The molecule has 0 aromatic heterocycles. The third-order valence-electron chi connectivity index (χ3n) is 3.79. The number of allylic oxidation sites excluding steroid dienone is 2. The Bertz CT molecular complexity index is 802. The number of carbonyl (C=O) groups is 2. The molecule has 1 aromatic carbocycles. The van der Waals surface area contributed by atoms with Crippen molar-refractivity contribution in [1.29, 1.82) is 0 Å². The number of hydrogen-bond acceptors (Lipinski definition) is 6. The van der Waals surface area contributed by atoms with Gasteiger partial charge in [0.25, 0.3) is 11.6 Å². The topological polar surface area (TPSA) is 101 Å². The molecule has 1 heterocycles. The fourth-order valence-corrected chi connectivity index (χ4v) is 3.64. The van der Waals surface area contributed by atoms with Crippen molar-refractivity contribution in [3.63, 3.8) is 0 Å². The monoisotopic (exact) mass is 406 g/mol. The lowest BCUT2D eigenvalue weighted by molar-refractivity contribution is -0.384. The zero-order valence-corrected chi connectivity index (χ0v) is 16.0. The Labute approximate surface area is 165 Å². The van der Waals surface area contributed by atoms with Gasteiger partial charge < -0.3 is 5.11 Å². The number of carboxylic acid groups (broad SMARTS) is 1. The van der Waals surface area contributed by atoms with Gasteiger partial charge in [-0.3, -0.25) is 24.6 Å². The van der Waals surface area contributed by atoms with E-state index in [-0.39, 0.29) is 18.0 Å². The van der Waals surface area contributed by atoms with Gasteiger partial charge in [-0.25, -0.2) is 0 Å². The van der Waals surface area contributed by atoms with Crippen LogP contribution in [0.3, 0.4) is 0 Å². The van der Waals surface area contributed by atoms with Gasteiger partial charge in [-0.1, -0.05) is 42.6 Å². The summed E-state index contributed by atoms with van der Waals surface area (Å²) in [4.78, 5) is 35.1. The summed E-state index contributed by atoms with van der Waals surface area (Å²) in [6, 6.07) is 6.10. The number of non-ortho nitro benzene ring substituents is 1. The number of thiocarbonyl (C=S) groups is 1. The van der Waals surface area contributed by atoms with Gasteiger partial charge in [-0.2, -0.15) is 0 Å². The predicted octanol–water partition coefficient (Wildman–Crippen LogP) is 4.00. The first-order valence-corrected chi connectivity index (χ1v) is 9.49. The number of nitrogens with zero attached hydrogens (tertiary/aromatic N) is 2. The van der Waals surface area contributed by atoms with Crippen molar-refractivity contribution in [3.05, 3.63) is 57.0 Å². The third kappa shape index (κ3) is 6.30. The van der Waals surface area contributed by atoms with Crippen LogP contribution in [0, 0.1) is 10.1 Å². The second-order valence-corrected chi connectivity index (χ2v) is 7.44. The Morgan fingerprint density at radius 1 is 1.26 bits per heavy atom. The fraction of sp³-hybridized carbons (Fsp3) is 0.278. The lowest BCUT2D eigenvalue weighted by Crippen LogP contribution is -2.29. The van der Waals surface area contributed by atoms with E-state index in [0.29, 0.717) is 28.6 Å². The van der Waals surface area contributed by atoms with Gasteiger partial charge in [0.05, 0.1) is 9.83 Å².